The molecule has 1 aliphatic rings. The maximum Gasteiger partial charge on any atom is 0.154 e. The molecule has 0 saturated heterocycles. The minimum Gasteiger partial charge on any atom is -0.270 e. The van der Waals surface area contributed by atoms with Crippen LogP contribution in [0, 0.1) is 0 Å². The number of rotatable bonds is 0. The van der Waals surface area contributed by atoms with Crippen molar-refractivity contribution in [1.82, 2.24) is 0 Å². The fourth-order valence-corrected chi connectivity index (χ4v) is 1.11. The van der Waals surface area contributed by atoms with E-state index in [9.17, 15) is 0 Å². The quantitative estimate of drug-likeness (QED) is 0.522. The van der Waals surface area contributed by atoms with Crippen molar-refractivity contribution in [3.63, 3.8) is 0 Å². The number of aliphatic imine (C=N–C) groups is 2. The van der Waals surface area contributed by atoms with Gasteiger partial charge in [0, 0.05) is 18.3 Å². The number of hydrogen-bond acceptors (Lipinski definition) is 1. The first-order valence-corrected chi connectivity index (χ1v) is 4.06. The Balaban J connectivity index is 3.14. The summed E-state index contributed by atoms with van der Waals surface area (Å²) in [6.07, 6.45) is 4.15. The Morgan fingerprint density at radius 1 is 1.42 bits per heavy atom. The first-order chi connectivity index (χ1) is 5.69. The molecule has 0 amide bonds. The summed E-state index contributed by atoms with van der Waals surface area (Å²) in [7, 11) is 1.77. The molecule has 0 aromatic rings. The lowest BCUT2D eigenvalue weighted by atomic mass is 10.0. The largest absolute Gasteiger partial charge is 0.270 e. The van der Waals surface area contributed by atoms with Crippen molar-refractivity contribution in [2.45, 2.75) is 20.8 Å². The third kappa shape index (κ3) is 1.52. The monoisotopic (exact) mass is 162 g/mol. The fraction of sp³-hybridized carbons (Fsp3) is 0.400. The molecule has 0 atom stereocenters. The smallest absolute Gasteiger partial charge is 0.154 e. The van der Waals surface area contributed by atoms with Gasteiger partial charge in [0.15, 0.2) is 5.84 Å². The molecule has 0 aromatic heterocycles. The van der Waals surface area contributed by atoms with Crippen molar-refractivity contribution in [1.29, 1.82) is 0 Å². The molecule has 0 radical (unpaired) electrons. The van der Waals surface area contributed by atoms with Gasteiger partial charge in [-0.2, -0.15) is 0 Å². The Hall–Kier alpha value is -1.18. The van der Waals surface area contributed by atoms with Crippen LogP contribution in [0.5, 0.6) is 0 Å². The van der Waals surface area contributed by atoms with E-state index in [4.69, 9.17) is 0 Å². The van der Waals surface area contributed by atoms with Gasteiger partial charge >= 0.3 is 0 Å². The average molecular weight is 162 g/mol. The first-order valence-electron chi connectivity index (χ1n) is 4.06. The zero-order valence-electron chi connectivity index (χ0n) is 8.05. The molecule has 0 saturated carbocycles. The summed E-state index contributed by atoms with van der Waals surface area (Å²) >= 11 is 0. The van der Waals surface area contributed by atoms with Gasteiger partial charge in [-0.05, 0) is 32.4 Å². The van der Waals surface area contributed by atoms with E-state index < -0.39 is 0 Å². The summed E-state index contributed by atoms with van der Waals surface area (Å²) in [4.78, 5) is 8.46. The van der Waals surface area contributed by atoms with Crippen molar-refractivity contribution in [3.8, 4) is 0 Å². The number of amidine groups is 1. The SMILES string of the molecule is C/C=C1/C=C(C)C(C)=NC1=NC. The highest BCUT2D eigenvalue weighted by Crippen LogP contribution is 2.13. The lowest BCUT2D eigenvalue weighted by Crippen LogP contribution is -2.09. The molecule has 12 heavy (non-hydrogen) atoms. The van der Waals surface area contributed by atoms with Crippen LogP contribution in [0.1, 0.15) is 20.8 Å². The Morgan fingerprint density at radius 2 is 2.08 bits per heavy atom. The van der Waals surface area contributed by atoms with Crippen molar-refractivity contribution in [3.05, 3.63) is 23.3 Å². The van der Waals surface area contributed by atoms with E-state index in [-0.39, 0.29) is 0 Å². The van der Waals surface area contributed by atoms with Crippen LogP contribution in [0.4, 0.5) is 0 Å². The zero-order chi connectivity index (χ0) is 9.14. The van der Waals surface area contributed by atoms with Gasteiger partial charge in [-0.15, -0.1) is 0 Å². The van der Waals surface area contributed by atoms with Gasteiger partial charge in [-0.1, -0.05) is 6.08 Å². The number of hydrogen-bond donors (Lipinski definition) is 0. The normalized spacial score (nSPS) is 24.3. The minimum atomic E-state index is 0.834. The molecule has 1 heterocycles. The Kier molecular flexibility index (Phi) is 2.58. The van der Waals surface area contributed by atoms with E-state index in [1.807, 2.05) is 19.9 Å². The molecule has 1 aliphatic heterocycles. The van der Waals surface area contributed by atoms with E-state index in [1.54, 1.807) is 7.05 Å². The van der Waals surface area contributed by atoms with E-state index in [0.717, 1.165) is 17.1 Å². The van der Waals surface area contributed by atoms with Crippen LogP contribution in [-0.2, 0) is 0 Å². The van der Waals surface area contributed by atoms with Crippen molar-refractivity contribution in [2.24, 2.45) is 9.98 Å². The van der Waals surface area contributed by atoms with Gasteiger partial charge < -0.3 is 0 Å². The van der Waals surface area contributed by atoms with Crippen molar-refractivity contribution >= 4 is 11.5 Å². The molecular weight excluding hydrogens is 148 g/mol. The van der Waals surface area contributed by atoms with Gasteiger partial charge in [0.1, 0.15) is 0 Å². The minimum absolute atomic E-state index is 0.834. The molecule has 1 rings (SSSR count). The number of nitrogens with zero attached hydrogens (tertiary/aromatic N) is 2. The molecule has 2 heteroatoms. The molecule has 0 fully saturated rings. The predicted molar refractivity (Wildman–Crippen MR) is 54.0 cm³/mol. The summed E-state index contributed by atoms with van der Waals surface area (Å²) in [5.41, 5.74) is 3.39. The number of dihydropyridines is 1. The first kappa shape index (κ1) is 8.91. The summed E-state index contributed by atoms with van der Waals surface area (Å²) in [6.45, 7) is 6.07. The summed E-state index contributed by atoms with van der Waals surface area (Å²) in [5, 5.41) is 0. The van der Waals surface area contributed by atoms with Gasteiger partial charge in [0.25, 0.3) is 0 Å². The Bertz CT molecular complexity index is 272. The number of allylic oxidation sites excluding steroid dienone is 2. The van der Waals surface area contributed by atoms with Crippen LogP contribution in [0.15, 0.2) is 33.3 Å². The lowest BCUT2D eigenvalue weighted by molar-refractivity contribution is 1.34. The van der Waals surface area contributed by atoms with Crippen LogP contribution >= 0.6 is 0 Å². The molecule has 64 valence electrons. The Morgan fingerprint density at radius 3 is 2.58 bits per heavy atom. The molecule has 0 aliphatic carbocycles. The van der Waals surface area contributed by atoms with Crippen molar-refractivity contribution in [2.75, 3.05) is 7.05 Å². The summed E-state index contributed by atoms with van der Waals surface area (Å²) in [6, 6.07) is 0. The van der Waals surface area contributed by atoms with Crippen LogP contribution in [-0.4, -0.2) is 18.6 Å². The van der Waals surface area contributed by atoms with Crippen LogP contribution < -0.4 is 0 Å². The third-order valence-corrected chi connectivity index (χ3v) is 2.00. The molecule has 0 bridgehead atoms. The fourth-order valence-electron chi connectivity index (χ4n) is 1.11. The second-order valence-electron chi connectivity index (χ2n) is 2.82. The highest BCUT2D eigenvalue weighted by atomic mass is 14.9. The zero-order valence-corrected chi connectivity index (χ0v) is 8.05. The van der Waals surface area contributed by atoms with Gasteiger partial charge in [0.05, 0.1) is 0 Å². The van der Waals surface area contributed by atoms with Crippen molar-refractivity contribution < 1.29 is 0 Å². The molecule has 2 nitrogen and oxygen atoms in total. The standard InChI is InChI=1S/C10H14N2/c1-5-9-6-7(2)8(3)12-10(9)11-4/h5-6H,1-4H3/b9-5-,11-10?. The molecule has 0 aromatic carbocycles. The molecule has 0 N–H and O–H groups in total. The topological polar surface area (TPSA) is 24.7 Å². The van der Waals surface area contributed by atoms with Crippen LogP contribution in [0.25, 0.3) is 0 Å². The maximum atomic E-state index is 4.36. The van der Waals surface area contributed by atoms with E-state index in [1.165, 1.54) is 5.57 Å². The molecule has 0 unspecified atom stereocenters. The van der Waals surface area contributed by atoms with Crippen LogP contribution in [0.2, 0.25) is 0 Å². The summed E-state index contributed by atoms with van der Waals surface area (Å²) < 4.78 is 0. The molecular formula is C10H14N2. The Labute approximate surface area is 73.4 Å². The second-order valence-corrected chi connectivity index (χ2v) is 2.82. The third-order valence-electron chi connectivity index (χ3n) is 2.00. The highest BCUT2D eigenvalue weighted by molar-refractivity contribution is 6.16. The molecule has 0 spiro atoms. The summed E-state index contributed by atoms with van der Waals surface area (Å²) in [5.74, 6) is 0.834. The van der Waals surface area contributed by atoms with E-state index >= 15 is 0 Å². The second kappa shape index (κ2) is 3.48. The van der Waals surface area contributed by atoms with Gasteiger partial charge in [0.2, 0.25) is 0 Å². The van der Waals surface area contributed by atoms with E-state index in [0.29, 0.717) is 0 Å². The highest BCUT2D eigenvalue weighted by Gasteiger charge is 2.09. The van der Waals surface area contributed by atoms with E-state index in [2.05, 4.69) is 23.0 Å². The van der Waals surface area contributed by atoms with Gasteiger partial charge in [-0.3, -0.25) is 4.99 Å². The average Bonchev–Trinajstić information content (AvgIpc) is 2.09. The van der Waals surface area contributed by atoms with Crippen LogP contribution in [0.3, 0.4) is 0 Å². The maximum absolute atomic E-state index is 4.36. The lowest BCUT2D eigenvalue weighted by Gasteiger charge is -2.11. The predicted octanol–water partition coefficient (Wildman–Crippen LogP) is 2.38. The van der Waals surface area contributed by atoms with Gasteiger partial charge in [-0.25, -0.2) is 4.99 Å².